The molecule has 3 unspecified atom stereocenters. The Morgan fingerprint density at radius 2 is 0.797 bits per heavy atom. The first-order chi connectivity index (χ1) is 36.0. The molecule has 9 heteroatoms. The highest BCUT2D eigenvalue weighted by Gasteiger charge is 2.23. The van der Waals surface area contributed by atoms with Crippen LogP contribution in [0.4, 0.5) is 0 Å². The molecule has 2 N–H and O–H groups in total. The molecule has 0 saturated carbocycles. The van der Waals surface area contributed by atoms with E-state index in [1.54, 1.807) is 6.08 Å². The first-order valence-corrected chi connectivity index (χ1v) is 33.1. The van der Waals surface area contributed by atoms with E-state index in [-0.39, 0.29) is 12.5 Å². The predicted molar refractivity (Wildman–Crippen MR) is 321 cm³/mol. The molecule has 0 aromatic heterocycles. The molecule has 434 valence electrons. The molecule has 0 fully saturated rings. The van der Waals surface area contributed by atoms with E-state index in [9.17, 15) is 19.4 Å². The highest BCUT2D eigenvalue weighted by molar-refractivity contribution is 7.45. The summed E-state index contributed by atoms with van der Waals surface area (Å²) in [6, 6.07) is -0.909. The van der Waals surface area contributed by atoms with Gasteiger partial charge >= 0.3 is 0 Å². The number of aliphatic hydroxyl groups excluding tert-OH is 1. The van der Waals surface area contributed by atoms with Crippen molar-refractivity contribution < 1.29 is 32.9 Å². The van der Waals surface area contributed by atoms with E-state index in [2.05, 4.69) is 67.8 Å². The van der Waals surface area contributed by atoms with Gasteiger partial charge in [0.25, 0.3) is 7.82 Å². The monoisotopic (exact) mass is 1060 g/mol. The van der Waals surface area contributed by atoms with E-state index < -0.39 is 26.6 Å². The van der Waals surface area contributed by atoms with Crippen LogP contribution in [-0.4, -0.2) is 68.5 Å². The van der Waals surface area contributed by atoms with E-state index in [4.69, 9.17) is 9.05 Å². The van der Waals surface area contributed by atoms with E-state index in [1.165, 1.54) is 225 Å². The van der Waals surface area contributed by atoms with Crippen LogP contribution < -0.4 is 10.2 Å². The van der Waals surface area contributed by atoms with Gasteiger partial charge in [0, 0.05) is 6.42 Å². The van der Waals surface area contributed by atoms with Crippen molar-refractivity contribution in [1.82, 2.24) is 5.32 Å². The van der Waals surface area contributed by atoms with Gasteiger partial charge in [-0.3, -0.25) is 9.36 Å². The second-order valence-electron chi connectivity index (χ2n) is 22.7. The number of nitrogens with one attached hydrogen (secondary N) is 1. The van der Waals surface area contributed by atoms with Gasteiger partial charge < -0.3 is 28.8 Å². The Balaban J connectivity index is 3.96. The second-order valence-corrected chi connectivity index (χ2v) is 24.2. The average Bonchev–Trinajstić information content (AvgIpc) is 3.36. The number of amides is 1. The van der Waals surface area contributed by atoms with E-state index in [0.29, 0.717) is 17.4 Å². The molecule has 0 aromatic rings. The lowest BCUT2D eigenvalue weighted by Gasteiger charge is -2.29. The third kappa shape index (κ3) is 57.9. The second kappa shape index (κ2) is 55.9. The SMILES string of the molecule is CCCCCCC/C=C\C/C=C\CCCCCCCCCCCCCCCCCCCCCCCCCCCC(=O)NC(COP(=O)([O-])OCC[N+](C)(C)C)C(O)/C=C/CC/C=C/CC/C=C/CCCCCCC. The van der Waals surface area contributed by atoms with Crippen LogP contribution in [0, 0.1) is 0 Å². The molecule has 0 spiro atoms. The van der Waals surface area contributed by atoms with Crippen molar-refractivity contribution >= 4 is 13.7 Å². The minimum absolute atomic E-state index is 0.00887. The molecule has 74 heavy (non-hydrogen) atoms. The number of carbonyl (C=O) groups is 1. The van der Waals surface area contributed by atoms with Gasteiger partial charge in [-0.2, -0.15) is 0 Å². The number of phosphoric acid groups is 1. The Kier molecular flexibility index (Phi) is 54.6. The largest absolute Gasteiger partial charge is 0.756 e. The number of quaternary nitrogens is 1. The number of unbranched alkanes of at least 4 members (excludes halogenated alkanes) is 37. The van der Waals surface area contributed by atoms with Gasteiger partial charge in [-0.25, -0.2) is 0 Å². The minimum Gasteiger partial charge on any atom is -0.756 e. The summed E-state index contributed by atoms with van der Waals surface area (Å²) in [7, 11) is 1.24. The average molecular weight is 1060 g/mol. The summed E-state index contributed by atoms with van der Waals surface area (Å²) in [4.78, 5) is 25.5. The summed E-state index contributed by atoms with van der Waals surface area (Å²) in [6.07, 6.45) is 76.3. The Morgan fingerprint density at radius 1 is 0.473 bits per heavy atom. The number of likely N-dealkylation sites (N-methyl/N-ethyl adjacent to an activating group) is 1. The van der Waals surface area contributed by atoms with Crippen molar-refractivity contribution in [2.45, 2.75) is 309 Å². The topological polar surface area (TPSA) is 108 Å². The summed E-state index contributed by atoms with van der Waals surface area (Å²) in [6.45, 7) is 4.61. The lowest BCUT2D eigenvalue weighted by molar-refractivity contribution is -0.870. The van der Waals surface area contributed by atoms with E-state index >= 15 is 0 Å². The van der Waals surface area contributed by atoms with Gasteiger partial charge in [-0.1, -0.05) is 274 Å². The first-order valence-electron chi connectivity index (χ1n) is 31.7. The molecule has 0 saturated heterocycles. The van der Waals surface area contributed by atoms with Crippen LogP contribution in [0.15, 0.2) is 60.8 Å². The summed E-state index contributed by atoms with van der Waals surface area (Å²) >= 11 is 0. The molecule has 3 atom stereocenters. The molecule has 1 amide bonds. The van der Waals surface area contributed by atoms with Crippen LogP contribution in [-0.2, 0) is 18.4 Å². The van der Waals surface area contributed by atoms with Crippen LogP contribution >= 0.6 is 7.82 Å². The highest BCUT2D eigenvalue weighted by Crippen LogP contribution is 2.38. The zero-order valence-corrected chi connectivity index (χ0v) is 50.4. The number of phosphoric ester groups is 1. The van der Waals surface area contributed by atoms with Gasteiger partial charge in [0.2, 0.25) is 5.91 Å². The van der Waals surface area contributed by atoms with Gasteiger partial charge in [-0.05, 0) is 77.0 Å². The Labute approximate surface area is 460 Å². The van der Waals surface area contributed by atoms with Crippen molar-refractivity contribution in [2.75, 3.05) is 40.9 Å². The van der Waals surface area contributed by atoms with Crippen LogP contribution in [0.1, 0.15) is 296 Å². The number of carbonyl (C=O) groups excluding carboxylic acids is 1. The number of hydrogen-bond donors (Lipinski definition) is 2. The van der Waals surface area contributed by atoms with Gasteiger partial charge in [0.05, 0.1) is 39.9 Å². The Hall–Kier alpha value is -1.80. The predicted octanol–water partition coefficient (Wildman–Crippen LogP) is 19.0. The third-order valence-corrected chi connectivity index (χ3v) is 15.1. The van der Waals surface area contributed by atoms with Crippen molar-refractivity contribution in [3.05, 3.63) is 60.8 Å². The molecule has 0 radical (unpaired) electrons. The number of allylic oxidation sites excluding steroid dienone is 9. The molecular formula is C65H123N2O6P. The van der Waals surface area contributed by atoms with Crippen LogP contribution in [0.3, 0.4) is 0 Å². The van der Waals surface area contributed by atoms with Gasteiger partial charge in [0.15, 0.2) is 0 Å². The normalized spacial score (nSPS) is 14.2. The molecule has 0 bridgehead atoms. The molecule has 0 aliphatic heterocycles. The molecule has 0 aromatic carbocycles. The number of aliphatic hydroxyl groups is 1. The smallest absolute Gasteiger partial charge is 0.268 e. The fraction of sp³-hybridized carbons (Fsp3) is 0.831. The maximum atomic E-state index is 13.0. The van der Waals surface area contributed by atoms with Crippen LogP contribution in [0.5, 0.6) is 0 Å². The van der Waals surface area contributed by atoms with Crippen LogP contribution in [0.25, 0.3) is 0 Å². The quantitative estimate of drug-likeness (QED) is 0.0272. The highest BCUT2D eigenvalue weighted by atomic mass is 31.2. The van der Waals surface area contributed by atoms with Crippen molar-refractivity contribution in [1.29, 1.82) is 0 Å². The first kappa shape index (κ1) is 72.2. The van der Waals surface area contributed by atoms with Crippen molar-refractivity contribution in [3.8, 4) is 0 Å². The maximum Gasteiger partial charge on any atom is 0.268 e. The third-order valence-electron chi connectivity index (χ3n) is 14.2. The van der Waals surface area contributed by atoms with E-state index in [1.807, 2.05) is 27.2 Å². The summed E-state index contributed by atoms with van der Waals surface area (Å²) in [5.74, 6) is -0.208. The zero-order valence-electron chi connectivity index (χ0n) is 49.5. The molecule has 0 aliphatic carbocycles. The number of hydrogen-bond acceptors (Lipinski definition) is 6. The number of rotatable bonds is 58. The lowest BCUT2D eigenvalue weighted by atomic mass is 10.0. The Bertz CT molecular complexity index is 1390. The minimum atomic E-state index is -4.61. The van der Waals surface area contributed by atoms with E-state index in [0.717, 1.165) is 51.4 Å². The summed E-state index contributed by atoms with van der Waals surface area (Å²) in [5, 5.41) is 13.8. The fourth-order valence-corrected chi connectivity index (χ4v) is 9.94. The van der Waals surface area contributed by atoms with Crippen molar-refractivity contribution in [3.63, 3.8) is 0 Å². The standard InChI is InChI=1S/C65H123N2O6P/c1-6-8-10-12-14-16-18-20-22-23-24-25-26-27-28-29-30-31-32-33-34-35-36-37-38-39-40-41-42-43-45-47-49-51-53-55-57-59-65(69)66-63(62-73-74(70,71)72-61-60-67(3,4)5)64(68)58-56-54-52-50-48-46-44-21-19-17-15-13-11-9-7-2/h18-21,23-24,48,50,56,58,63-64,68H,6-17,22,25-47,49,51-55,57,59-62H2,1-5H3,(H-,66,69,70,71)/b20-18-,21-19+,24-23-,50-48+,58-56+. The number of nitrogens with zero attached hydrogens (tertiary/aromatic N) is 1. The van der Waals surface area contributed by atoms with Gasteiger partial charge in [-0.15, -0.1) is 0 Å². The molecular weight excluding hydrogens is 936 g/mol. The molecule has 8 nitrogen and oxygen atoms in total. The molecule has 0 heterocycles. The lowest BCUT2D eigenvalue weighted by Crippen LogP contribution is -2.45. The zero-order chi connectivity index (χ0) is 54.2. The summed E-state index contributed by atoms with van der Waals surface area (Å²) in [5.41, 5.74) is 0. The summed E-state index contributed by atoms with van der Waals surface area (Å²) < 4.78 is 23.3. The molecule has 0 rings (SSSR count). The fourth-order valence-electron chi connectivity index (χ4n) is 9.22. The Morgan fingerprint density at radius 3 is 1.18 bits per heavy atom. The van der Waals surface area contributed by atoms with Crippen molar-refractivity contribution in [2.24, 2.45) is 0 Å². The maximum absolute atomic E-state index is 13.0. The van der Waals surface area contributed by atoms with Gasteiger partial charge in [0.1, 0.15) is 13.2 Å². The van der Waals surface area contributed by atoms with Crippen LogP contribution in [0.2, 0.25) is 0 Å². The molecule has 0 aliphatic rings.